The molecule has 0 radical (unpaired) electrons. The minimum atomic E-state index is -4.69. The lowest BCUT2D eigenvalue weighted by Crippen LogP contribution is -2.18. The van der Waals surface area contributed by atoms with Gasteiger partial charge in [-0.3, -0.25) is 9.53 Å². The molecule has 0 bridgehead atoms. The normalized spacial score (nSPS) is 11.6. The van der Waals surface area contributed by atoms with Gasteiger partial charge in [-0.25, -0.2) is 0 Å². The second kappa shape index (κ2) is 6.13. The minimum Gasteiger partial charge on any atom is -0.490 e. The summed E-state index contributed by atoms with van der Waals surface area (Å²) < 4.78 is 44.7. The fraction of sp³-hybridized carbons (Fsp3) is 0.267. The van der Waals surface area contributed by atoms with Crippen molar-refractivity contribution in [2.45, 2.75) is 13.3 Å². The number of hydrogen-bond acceptors (Lipinski definition) is 3. The lowest BCUT2D eigenvalue weighted by atomic mass is 10.0. The zero-order valence-corrected chi connectivity index (χ0v) is 11.2. The zero-order valence-electron chi connectivity index (χ0n) is 11.2. The van der Waals surface area contributed by atoms with E-state index in [4.69, 9.17) is 4.74 Å². The summed E-state index contributed by atoms with van der Waals surface area (Å²) in [6.07, 6.45) is -4.69. The van der Waals surface area contributed by atoms with Crippen LogP contribution in [0.25, 0.3) is 10.8 Å². The van der Waals surface area contributed by atoms with Crippen molar-refractivity contribution in [1.29, 1.82) is 0 Å². The van der Waals surface area contributed by atoms with Crippen molar-refractivity contribution in [3.8, 4) is 5.75 Å². The summed E-state index contributed by atoms with van der Waals surface area (Å²) in [5, 5.41) is 1.52. The second-order valence-corrected chi connectivity index (χ2v) is 4.36. The minimum absolute atomic E-state index is 0.215. The molecule has 0 aliphatic heterocycles. The highest BCUT2D eigenvalue weighted by atomic mass is 19.4. The van der Waals surface area contributed by atoms with Crippen molar-refractivity contribution < 1.29 is 27.4 Å². The predicted molar refractivity (Wildman–Crippen MR) is 71.5 cm³/mol. The van der Waals surface area contributed by atoms with Gasteiger partial charge in [-0.15, -0.1) is 13.2 Å². The van der Waals surface area contributed by atoms with Crippen LogP contribution in [0, 0.1) is 0 Å². The third-order valence-electron chi connectivity index (χ3n) is 2.85. The van der Waals surface area contributed by atoms with Crippen LogP contribution >= 0.6 is 0 Å². The molecular formula is C15H13F3O3. The molecule has 2 aromatic carbocycles. The number of alkyl halides is 3. The van der Waals surface area contributed by atoms with E-state index in [2.05, 4.69) is 4.74 Å². The SMILES string of the molecule is CC(=O)c1ccc2ccccc2c1OCCOC(F)(F)F. The molecule has 0 unspecified atom stereocenters. The van der Waals surface area contributed by atoms with Crippen LogP contribution in [0.2, 0.25) is 0 Å². The molecule has 0 aromatic heterocycles. The van der Waals surface area contributed by atoms with E-state index in [9.17, 15) is 18.0 Å². The Labute approximate surface area is 119 Å². The van der Waals surface area contributed by atoms with Crippen LogP contribution in [-0.4, -0.2) is 25.4 Å². The van der Waals surface area contributed by atoms with Gasteiger partial charge in [0.15, 0.2) is 5.78 Å². The van der Waals surface area contributed by atoms with Crippen LogP contribution in [0.15, 0.2) is 36.4 Å². The second-order valence-electron chi connectivity index (χ2n) is 4.36. The summed E-state index contributed by atoms with van der Waals surface area (Å²) in [5.41, 5.74) is 0.334. The fourth-order valence-corrected chi connectivity index (χ4v) is 1.98. The number of rotatable bonds is 5. The Bertz CT molecular complexity index is 650. The number of hydrogen-bond donors (Lipinski definition) is 0. The molecule has 2 rings (SSSR count). The number of halogens is 3. The van der Waals surface area contributed by atoms with E-state index in [0.29, 0.717) is 10.9 Å². The first kappa shape index (κ1) is 15.3. The zero-order chi connectivity index (χ0) is 15.5. The molecule has 0 N–H and O–H groups in total. The molecule has 0 spiro atoms. The van der Waals surface area contributed by atoms with Crippen molar-refractivity contribution >= 4 is 16.6 Å². The Hall–Kier alpha value is -2.08. The van der Waals surface area contributed by atoms with Crippen LogP contribution in [0.4, 0.5) is 13.2 Å². The maximum atomic E-state index is 11.9. The van der Waals surface area contributed by atoms with E-state index in [1.54, 1.807) is 24.3 Å². The van der Waals surface area contributed by atoms with Crippen molar-refractivity contribution in [2.75, 3.05) is 13.2 Å². The highest BCUT2D eigenvalue weighted by Crippen LogP contribution is 2.30. The van der Waals surface area contributed by atoms with Crippen LogP contribution in [0.1, 0.15) is 17.3 Å². The summed E-state index contributed by atoms with van der Waals surface area (Å²) >= 11 is 0. The molecule has 0 fully saturated rings. The molecule has 0 aliphatic carbocycles. The quantitative estimate of drug-likeness (QED) is 0.619. The van der Waals surface area contributed by atoms with Gasteiger partial charge >= 0.3 is 6.36 Å². The lowest BCUT2D eigenvalue weighted by molar-refractivity contribution is -0.325. The third-order valence-corrected chi connectivity index (χ3v) is 2.85. The number of carbonyl (C=O) groups is 1. The highest BCUT2D eigenvalue weighted by Gasteiger charge is 2.28. The Morgan fingerprint density at radius 1 is 1.10 bits per heavy atom. The predicted octanol–water partition coefficient (Wildman–Crippen LogP) is 3.96. The Kier molecular flexibility index (Phi) is 4.47. The van der Waals surface area contributed by atoms with Gasteiger partial charge in [-0.05, 0) is 18.4 Å². The number of carbonyl (C=O) groups excluding carboxylic acids is 1. The van der Waals surface area contributed by atoms with Gasteiger partial charge in [0.25, 0.3) is 0 Å². The smallest absolute Gasteiger partial charge is 0.490 e. The van der Waals surface area contributed by atoms with E-state index in [1.807, 2.05) is 12.1 Å². The Morgan fingerprint density at radius 2 is 1.81 bits per heavy atom. The van der Waals surface area contributed by atoms with Gasteiger partial charge < -0.3 is 4.74 Å². The van der Waals surface area contributed by atoms with Crippen LogP contribution in [-0.2, 0) is 4.74 Å². The van der Waals surface area contributed by atoms with Crippen molar-refractivity contribution in [1.82, 2.24) is 0 Å². The van der Waals surface area contributed by atoms with Gasteiger partial charge in [0.05, 0.1) is 12.2 Å². The van der Waals surface area contributed by atoms with Crippen molar-refractivity contribution in [3.63, 3.8) is 0 Å². The summed E-state index contributed by atoms with van der Waals surface area (Å²) in [6.45, 7) is 0.445. The van der Waals surface area contributed by atoms with Crippen LogP contribution in [0.3, 0.4) is 0 Å². The lowest BCUT2D eigenvalue weighted by Gasteiger charge is -2.13. The first-order valence-electron chi connectivity index (χ1n) is 6.24. The molecule has 2 aromatic rings. The summed E-state index contributed by atoms with van der Waals surface area (Å²) in [6, 6.07) is 10.5. The molecular weight excluding hydrogens is 285 g/mol. The highest BCUT2D eigenvalue weighted by molar-refractivity contribution is 6.03. The molecule has 112 valence electrons. The summed E-state index contributed by atoms with van der Waals surface area (Å²) in [5.74, 6) is 0.0684. The van der Waals surface area contributed by atoms with Crippen LogP contribution < -0.4 is 4.74 Å². The molecule has 0 amide bonds. The first-order valence-corrected chi connectivity index (χ1v) is 6.24. The Balaban J connectivity index is 2.23. The monoisotopic (exact) mass is 298 g/mol. The van der Waals surface area contributed by atoms with Gasteiger partial charge in [0, 0.05) is 5.39 Å². The fourth-order valence-electron chi connectivity index (χ4n) is 1.98. The van der Waals surface area contributed by atoms with E-state index in [-0.39, 0.29) is 18.1 Å². The average molecular weight is 298 g/mol. The van der Waals surface area contributed by atoms with E-state index >= 15 is 0 Å². The third kappa shape index (κ3) is 3.95. The summed E-state index contributed by atoms with van der Waals surface area (Å²) in [7, 11) is 0. The number of ether oxygens (including phenoxy) is 2. The van der Waals surface area contributed by atoms with E-state index in [0.717, 1.165) is 5.39 Å². The number of ketones is 1. The van der Waals surface area contributed by atoms with E-state index in [1.165, 1.54) is 6.92 Å². The van der Waals surface area contributed by atoms with E-state index < -0.39 is 13.0 Å². The van der Waals surface area contributed by atoms with Gasteiger partial charge in [-0.2, -0.15) is 0 Å². The number of benzene rings is 2. The molecule has 21 heavy (non-hydrogen) atoms. The standard InChI is InChI=1S/C15H13F3O3/c1-10(19)12-7-6-11-4-2-3-5-13(11)14(12)20-8-9-21-15(16,17)18/h2-7H,8-9H2,1H3. The molecule has 0 saturated heterocycles. The first-order chi connectivity index (χ1) is 9.88. The molecule has 0 heterocycles. The van der Waals surface area contributed by atoms with Crippen molar-refractivity contribution in [3.05, 3.63) is 42.0 Å². The maximum absolute atomic E-state index is 11.9. The number of fused-ring (bicyclic) bond motifs is 1. The van der Waals surface area contributed by atoms with Crippen LogP contribution in [0.5, 0.6) is 5.75 Å². The largest absolute Gasteiger partial charge is 0.522 e. The molecule has 0 atom stereocenters. The molecule has 0 aliphatic rings. The Morgan fingerprint density at radius 3 is 2.48 bits per heavy atom. The van der Waals surface area contributed by atoms with Gasteiger partial charge in [0.1, 0.15) is 12.4 Å². The molecule has 0 saturated carbocycles. The van der Waals surface area contributed by atoms with Gasteiger partial charge in [-0.1, -0.05) is 30.3 Å². The molecule has 3 nitrogen and oxygen atoms in total. The molecule has 6 heteroatoms. The summed E-state index contributed by atoms with van der Waals surface area (Å²) in [4.78, 5) is 11.6. The van der Waals surface area contributed by atoms with Crippen molar-refractivity contribution in [2.24, 2.45) is 0 Å². The maximum Gasteiger partial charge on any atom is 0.522 e. The topological polar surface area (TPSA) is 35.5 Å². The number of Topliss-reactive ketones (excluding diaryl/α,β-unsaturated/α-hetero) is 1. The average Bonchev–Trinajstić information content (AvgIpc) is 2.42. The van der Waals surface area contributed by atoms with Gasteiger partial charge in [0.2, 0.25) is 0 Å².